The Morgan fingerprint density at radius 1 is 0.900 bits per heavy atom. The standard InChI is InChI=1S/C8H16O2.C6H15NO.C2H6/c1-7(2)5-9-8(3,4)10-6-7;7-5-3-1-2-4-6-8;1-2/h5-6H2,1-4H3;8H,1-7H2;1-2H3. The maximum atomic E-state index is 8.33. The van der Waals surface area contributed by atoms with Crippen LogP contribution in [0.1, 0.15) is 67.2 Å². The maximum Gasteiger partial charge on any atom is 0.162 e. The molecule has 124 valence electrons. The van der Waals surface area contributed by atoms with E-state index in [1.807, 2.05) is 27.7 Å². The zero-order chi connectivity index (χ0) is 16.1. The van der Waals surface area contributed by atoms with Crippen LogP contribution in [0.2, 0.25) is 0 Å². The second kappa shape index (κ2) is 12.6. The Morgan fingerprint density at radius 2 is 1.35 bits per heavy atom. The number of hydrogen-bond donors (Lipinski definition) is 2. The quantitative estimate of drug-likeness (QED) is 0.763. The third kappa shape index (κ3) is 14.3. The first-order chi connectivity index (χ1) is 9.33. The summed E-state index contributed by atoms with van der Waals surface area (Å²) in [5, 5.41) is 8.33. The highest BCUT2D eigenvalue weighted by Gasteiger charge is 2.32. The van der Waals surface area contributed by atoms with Gasteiger partial charge in [-0.05, 0) is 33.2 Å². The van der Waals surface area contributed by atoms with Crippen LogP contribution in [0.5, 0.6) is 0 Å². The Balaban J connectivity index is 0. The SMILES string of the molecule is CC.CC1(C)COC(C)(C)OC1.NCCCCCCO. The summed E-state index contributed by atoms with van der Waals surface area (Å²) in [7, 11) is 0. The van der Waals surface area contributed by atoms with E-state index in [2.05, 4.69) is 13.8 Å². The number of ether oxygens (including phenoxy) is 2. The Labute approximate surface area is 126 Å². The molecule has 0 unspecified atom stereocenters. The lowest BCUT2D eigenvalue weighted by atomic mass is 9.95. The van der Waals surface area contributed by atoms with Gasteiger partial charge in [0, 0.05) is 12.0 Å². The normalized spacial score (nSPS) is 19.2. The summed E-state index contributed by atoms with van der Waals surface area (Å²) in [5.74, 6) is -0.366. The van der Waals surface area contributed by atoms with Crippen LogP contribution in [0, 0.1) is 5.41 Å². The molecule has 0 aliphatic carbocycles. The van der Waals surface area contributed by atoms with E-state index >= 15 is 0 Å². The molecule has 0 atom stereocenters. The van der Waals surface area contributed by atoms with Gasteiger partial charge in [0.1, 0.15) is 0 Å². The molecule has 0 aromatic carbocycles. The molecule has 0 aromatic rings. The van der Waals surface area contributed by atoms with Gasteiger partial charge in [-0.2, -0.15) is 0 Å². The lowest BCUT2D eigenvalue weighted by molar-refractivity contribution is -0.279. The highest BCUT2D eigenvalue weighted by atomic mass is 16.7. The predicted octanol–water partition coefficient (Wildman–Crippen LogP) is 3.32. The first-order valence-electron chi connectivity index (χ1n) is 7.92. The summed E-state index contributed by atoms with van der Waals surface area (Å²) in [4.78, 5) is 0. The average molecular weight is 291 g/mol. The van der Waals surface area contributed by atoms with Crippen LogP contribution in [0.3, 0.4) is 0 Å². The van der Waals surface area contributed by atoms with Crippen LogP contribution >= 0.6 is 0 Å². The van der Waals surface area contributed by atoms with Gasteiger partial charge < -0.3 is 20.3 Å². The third-order valence-corrected chi connectivity index (χ3v) is 2.73. The molecule has 1 fully saturated rings. The molecule has 0 bridgehead atoms. The van der Waals surface area contributed by atoms with Crippen molar-refractivity contribution in [2.75, 3.05) is 26.4 Å². The van der Waals surface area contributed by atoms with Crippen molar-refractivity contribution in [3.63, 3.8) is 0 Å². The second-order valence-electron chi connectivity index (χ2n) is 6.07. The fraction of sp³-hybridized carbons (Fsp3) is 1.00. The molecule has 0 amide bonds. The number of unbranched alkanes of at least 4 members (excludes halogenated alkanes) is 3. The van der Waals surface area contributed by atoms with Crippen LogP contribution in [0.15, 0.2) is 0 Å². The number of nitrogens with two attached hydrogens (primary N) is 1. The molecule has 4 heteroatoms. The minimum atomic E-state index is -0.366. The van der Waals surface area contributed by atoms with E-state index < -0.39 is 0 Å². The highest BCUT2D eigenvalue weighted by molar-refractivity contribution is 4.74. The van der Waals surface area contributed by atoms with Gasteiger partial charge in [-0.15, -0.1) is 0 Å². The maximum absolute atomic E-state index is 8.33. The molecule has 20 heavy (non-hydrogen) atoms. The van der Waals surface area contributed by atoms with Crippen molar-refractivity contribution in [1.29, 1.82) is 0 Å². The molecule has 0 saturated carbocycles. The predicted molar refractivity (Wildman–Crippen MR) is 85.7 cm³/mol. The zero-order valence-corrected chi connectivity index (χ0v) is 14.5. The molecular formula is C16H37NO3. The summed E-state index contributed by atoms with van der Waals surface area (Å²) >= 11 is 0. The minimum Gasteiger partial charge on any atom is -0.396 e. The van der Waals surface area contributed by atoms with Crippen molar-refractivity contribution < 1.29 is 14.6 Å². The Kier molecular flexibility index (Phi) is 13.9. The summed E-state index contributed by atoms with van der Waals surface area (Å²) in [5.41, 5.74) is 5.44. The van der Waals surface area contributed by atoms with Crippen LogP contribution in [-0.4, -0.2) is 37.3 Å². The first kappa shape index (κ1) is 22.1. The van der Waals surface area contributed by atoms with Crippen molar-refractivity contribution >= 4 is 0 Å². The molecule has 0 spiro atoms. The van der Waals surface area contributed by atoms with Crippen molar-refractivity contribution in [2.45, 2.75) is 73.0 Å². The van der Waals surface area contributed by atoms with Crippen LogP contribution in [-0.2, 0) is 9.47 Å². The third-order valence-electron chi connectivity index (χ3n) is 2.73. The van der Waals surface area contributed by atoms with Crippen molar-refractivity contribution in [3.05, 3.63) is 0 Å². The van der Waals surface area contributed by atoms with Crippen molar-refractivity contribution in [2.24, 2.45) is 11.1 Å². The molecule has 0 aromatic heterocycles. The second-order valence-corrected chi connectivity index (χ2v) is 6.07. The fourth-order valence-corrected chi connectivity index (χ4v) is 1.43. The highest BCUT2D eigenvalue weighted by Crippen LogP contribution is 2.28. The van der Waals surface area contributed by atoms with E-state index in [4.69, 9.17) is 20.3 Å². The van der Waals surface area contributed by atoms with Gasteiger partial charge in [-0.1, -0.05) is 40.5 Å². The molecule has 1 saturated heterocycles. The van der Waals surface area contributed by atoms with Crippen molar-refractivity contribution in [1.82, 2.24) is 0 Å². The molecule has 1 heterocycles. The molecule has 0 radical (unpaired) electrons. The largest absolute Gasteiger partial charge is 0.396 e. The molecule has 1 rings (SSSR count). The fourth-order valence-electron chi connectivity index (χ4n) is 1.43. The van der Waals surface area contributed by atoms with Crippen LogP contribution < -0.4 is 5.73 Å². The molecule has 3 N–H and O–H groups in total. The number of aliphatic hydroxyl groups excluding tert-OH is 1. The van der Waals surface area contributed by atoms with Gasteiger partial charge in [-0.3, -0.25) is 0 Å². The monoisotopic (exact) mass is 291 g/mol. The molecule has 1 aliphatic rings. The number of hydrogen-bond acceptors (Lipinski definition) is 4. The zero-order valence-electron chi connectivity index (χ0n) is 14.5. The Morgan fingerprint density at radius 3 is 1.70 bits per heavy atom. The van der Waals surface area contributed by atoms with E-state index in [1.54, 1.807) is 0 Å². The van der Waals surface area contributed by atoms with Crippen LogP contribution in [0.25, 0.3) is 0 Å². The van der Waals surface area contributed by atoms with E-state index in [-0.39, 0.29) is 11.2 Å². The smallest absolute Gasteiger partial charge is 0.162 e. The van der Waals surface area contributed by atoms with Gasteiger partial charge >= 0.3 is 0 Å². The average Bonchev–Trinajstić information content (AvgIpc) is 2.42. The Hall–Kier alpha value is -0.160. The van der Waals surface area contributed by atoms with Gasteiger partial charge in [0.05, 0.1) is 13.2 Å². The van der Waals surface area contributed by atoms with E-state index in [9.17, 15) is 0 Å². The van der Waals surface area contributed by atoms with Gasteiger partial charge in [0.2, 0.25) is 0 Å². The summed E-state index contributed by atoms with van der Waals surface area (Å²) < 4.78 is 10.9. The lowest BCUT2D eigenvalue weighted by Crippen LogP contribution is -2.43. The van der Waals surface area contributed by atoms with E-state index in [0.29, 0.717) is 6.61 Å². The summed E-state index contributed by atoms with van der Waals surface area (Å²) in [6, 6.07) is 0. The summed E-state index contributed by atoms with van der Waals surface area (Å²) in [6.45, 7) is 14.9. The summed E-state index contributed by atoms with van der Waals surface area (Å²) in [6.07, 6.45) is 4.31. The number of rotatable bonds is 5. The topological polar surface area (TPSA) is 64.7 Å². The lowest BCUT2D eigenvalue weighted by Gasteiger charge is -2.39. The molecule has 1 aliphatic heterocycles. The van der Waals surface area contributed by atoms with Crippen LogP contribution in [0.4, 0.5) is 0 Å². The molecule has 4 nitrogen and oxygen atoms in total. The minimum absolute atomic E-state index is 0.190. The van der Waals surface area contributed by atoms with Crippen molar-refractivity contribution in [3.8, 4) is 0 Å². The van der Waals surface area contributed by atoms with Gasteiger partial charge in [0.15, 0.2) is 5.79 Å². The van der Waals surface area contributed by atoms with E-state index in [1.165, 1.54) is 0 Å². The first-order valence-corrected chi connectivity index (χ1v) is 7.92. The number of aliphatic hydroxyl groups is 1. The molecular weight excluding hydrogens is 254 g/mol. The van der Waals surface area contributed by atoms with Gasteiger partial charge in [0.25, 0.3) is 0 Å². The Bertz CT molecular complexity index is 172. The van der Waals surface area contributed by atoms with Gasteiger partial charge in [-0.25, -0.2) is 0 Å². The van der Waals surface area contributed by atoms with E-state index in [0.717, 1.165) is 45.4 Å².